The number of hydrogen-bond donors (Lipinski definition) is 1. The molecule has 1 heterocycles. The van der Waals surface area contributed by atoms with E-state index in [0.717, 1.165) is 36.1 Å². The summed E-state index contributed by atoms with van der Waals surface area (Å²) < 4.78 is 0. The first-order valence-electron chi connectivity index (χ1n) is 5.78. The molecule has 0 bridgehead atoms. The molecule has 0 aliphatic heterocycles. The molecule has 3 heteroatoms. The molecule has 1 saturated carbocycles. The molecule has 2 rings (SSSR count). The molecule has 0 unspecified atom stereocenters. The fraction of sp³-hybridized carbons (Fsp3) is 0.667. The maximum Gasteiger partial charge on any atom is 0.132 e. The zero-order chi connectivity index (χ0) is 10.8. The number of rotatable bonds is 4. The lowest BCUT2D eigenvalue weighted by molar-refractivity contribution is 0.759. The van der Waals surface area contributed by atoms with Gasteiger partial charge in [-0.1, -0.05) is 6.92 Å². The van der Waals surface area contributed by atoms with E-state index in [-0.39, 0.29) is 0 Å². The Kier molecular flexibility index (Phi) is 2.89. The molecule has 82 valence electrons. The summed E-state index contributed by atoms with van der Waals surface area (Å²) in [5.74, 6) is 2.87. The summed E-state index contributed by atoms with van der Waals surface area (Å²) in [6.45, 7) is 4.23. The number of anilines is 1. The highest BCUT2D eigenvalue weighted by Crippen LogP contribution is 2.32. The van der Waals surface area contributed by atoms with E-state index in [2.05, 4.69) is 29.1 Å². The monoisotopic (exact) mass is 205 g/mol. The summed E-state index contributed by atoms with van der Waals surface area (Å²) in [5, 5.41) is 3.17. The van der Waals surface area contributed by atoms with E-state index in [1.807, 2.05) is 7.05 Å². The number of nitrogens with zero attached hydrogens (tertiary/aromatic N) is 2. The first-order valence-corrected chi connectivity index (χ1v) is 5.78. The lowest BCUT2D eigenvalue weighted by atomic mass is 10.1. The van der Waals surface area contributed by atoms with Crippen LogP contribution in [-0.4, -0.2) is 17.0 Å². The van der Waals surface area contributed by atoms with Gasteiger partial charge in [-0.2, -0.15) is 0 Å². The van der Waals surface area contributed by atoms with Crippen LogP contribution in [-0.2, 0) is 12.8 Å². The van der Waals surface area contributed by atoms with Gasteiger partial charge in [0.1, 0.15) is 11.6 Å². The van der Waals surface area contributed by atoms with Crippen molar-refractivity contribution in [3.05, 3.63) is 17.1 Å². The number of hydrogen-bond acceptors (Lipinski definition) is 3. The standard InChI is InChI=1S/C12H19N3/c1-4-10-8(2)14-11(7-9-5-6-9)15-12(10)13-3/h9H,4-7H2,1-3H3,(H,13,14,15). The molecule has 0 aromatic carbocycles. The van der Waals surface area contributed by atoms with E-state index < -0.39 is 0 Å². The van der Waals surface area contributed by atoms with Crippen molar-refractivity contribution in [1.82, 2.24) is 9.97 Å². The Bertz CT molecular complexity index is 356. The second kappa shape index (κ2) is 4.17. The van der Waals surface area contributed by atoms with Crippen LogP contribution in [0.15, 0.2) is 0 Å². The van der Waals surface area contributed by atoms with Gasteiger partial charge in [-0.05, 0) is 32.1 Å². The fourth-order valence-corrected chi connectivity index (χ4v) is 1.96. The lowest BCUT2D eigenvalue weighted by Gasteiger charge is -2.11. The maximum absolute atomic E-state index is 4.58. The van der Waals surface area contributed by atoms with Crippen molar-refractivity contribution in [2.45, 2.75) is 39.5 Å². The van der Waals surface area contributed by atoms with Crippen molar-refractivity contribution in [2.75, 3.05) is 12.4 Å². The predicted octanol–water partition coefficient (Wildman–Crippen LogP) is 2.34. The molecule has 1 aliphatic carbocycles. The van der Waals surface area contributed by atoms with Crippen molar-refractivity contribution in [3.8, 4) is 0 Å². The molecule has 0 spiro atoms. The minimum atomic E-state index is 0.849. The normalized spacial score (nSPS) is 15.4. The second-order valence-corrected chi connectivity index (χ2v) is 4.30. The molecular formula is C12H19N3. The van der Waals surface area contributed by atoms with E-state index in [4.69, 9.17) is 0 Å². The van der Waals surface area contributed by atoms with Gasteiger partial charge in [-0.3, -0.25) is 0 Å². The van der Waals surface area contributed by atoms with E-state index >= 15 is 0 Å². The topological polar surface area (TPSA) is 37.8 Å². The first kappa shape index (κ1) is 10.4. The van der Waals surface area contributed by atoms with E-state index in [1.54, 1.807) is 0 Å². The Morgan fingerprint density at radius 3 is 2.60 bits per heavy atom. The van der Waals surface area contributed by atoms with E-state index in [9.17, 15) is 0 Å². The molecule has 0 atom stereocenters. The van der Waals surface area contributed by atoms with Gasteiger partial charge >= 0.3 is 0 Å². The van der Waals surface area contributed by atoms with Gasteiger partial charge in [0.05, 0.1) is 0 Å². The highest BCUT2D eigenvalue weighted by molar-refractivity contribution is 5.45. The highest BCUT2D eigenvalue weighted by atomic mass is 15.0. The molecule has 0 saturated heterocycles. The predicted molar refractivity (Wildman–Crippen MR) is 62.1 cm³/mol. The Morgan fingerprint density at radius 1 is 1.33 bits per heavy atom. The molecule has 0 radical (unpaired) electrons. The molecular weight excluding hydrogens is 186 g/mol. The van der Waals surface area contributed by atoms with Crippen molar-refractivity contribution in [2.24, 2.45) is 5.92 Å². The van der Waals surface area contributed by atoms with E-state index in [0.29, 0.717) is 0 Å². The summed E-state index contributed by atoms with van der Waals surface area (Å²) in [5.41, 5.74) is 2.38. The van der Waals surface area contributed by atoms with Crippen molar-refractivity contribution in [3.63, 3.8) is 0 Å². The van der Waals surface area contributed by atoms with Gasteiger partial charge in [-0.15, -0.1) is 0 Å². The summed E-state index contributed by atoms with van der Waals surface area (Å²) in [6.07, 6.45) is 4.75. The summed E-state index contributed by atoms with van der Waals surface area (Å²) in [4.78, 5) is 9.16. The lowest BCUT2D eigenvalue weighted by Crippen LogP contribution is -2.07. The Hall–Kier alpha value is -1.12. The van der Waals surface area contributed by atoms with Gasteiger partial charge < -0.3 is 5.32 Å². The van der Waals surface area contributed by atoms with Crippen LogP contribution < -0.4 is 5.32 Å². The summed E-state index contributed by atoms with van der Waals surface area (Å²) in [7, 11) is 1.93. The first-order chi connectivity index (χ1) is 7.24. The third kappa shape index (κ3) is 2.28. The van der Waals surface area contributed by atoms with Crippen LogP contribution in [0.3, 0.4) is 0 Å². The van der Waals surface area contributed by atoms with Crippen LogP contribution in [0, 0.1) is 12.8 Å². The zero-order valence-corrected chi connectivity index (χ0v) is 9.80. The molecule has 1 aromatic heterocycles. The SMILES string of the molecule is CCc1c(C)nc(CC2CC2)nc1NC. The number of nitrogens with one attached hydrogen (secondary N) is 1. The zero-order valence-electron chi connectivity index (χ0n) is 9.80. The number of aryl methyl sites for hydroxylation is 1. The molecule has 1 aliphatic rings. The highest BCUT2D eigenvalue weighted by Gasteiger charge is 2.23. The maximum atomic E-state index is 4.58. The average Bonchev–Trinajstić information content (AvgIpc) is 3.00. The minimum absolute atomic E-state index is 0.849. The third-order valence-corrected chi connectivity index (χ3v) is 3.02. The van der Waals surface area contributed by atoms with Gasteiger partial charge in [0.25, 0.3) is 0 Å². The van der Waals surface area contributed by atoms with Gasteiger partial charge in [0.2, 0.25) is 0 Å². The van der Waals surface area contributed by atoms with Crippen LogP contribution >= 0.6 is 0 Å². The minimum Gasteiger partial charge on any atom is -0.373 e. The Labute approximate surface area is 91.3 Å². The largest absolute Gasteiger partial charge is 0.373 e. The van der Waals surface area contributed by atoms with Gasteiger partial charge in [0.15, 0.2) is 0 Å². The molecule has 3 nitrogen and oxygen atoms in total. The molecule has 0 amide bonds. The molecule has 15 heavy (non-hydrogen) atoms. The molecule has 1 fully saturated rings. The van der Waals surface area contributed by atoms with Crippen LogP contribution in [0.4, 0.5) is 5.82 Å². The van der Waals surface area contributed by atoms with Crippen molar-refractivity contribution >= 4 is 5.82 Å². The second-order valence-electron chi connectivity index (χ2n) is 4.30. The van der Waals surface area contributed by atoms with Crippen LogP contribution in [0.2, 0.25) is 0 Å². The quantitative estimate of drug-likeness (QED) is 0.820. The Morgan fingerprint density at radius 2 is 2.07 bits per heavy atom. The van der Waals surface area contributed by atoms with Crippen LogP contribution in [0.25, 0.3) is 0 Å². The fourth-order valence-electron chi connectivity index (χ4n) is 1.96. The van der Waals surface area contributed by atoms with Crippen molar-refractivity contribution < 1.29 is 0 Å². The van der Waals surface area contributed by atoms with Crippen LogP contribution in [0.5, 0.6) is 0 Å². The smallest absolute Gasteiger partial charge is 0.132 e. The van der Waals surface area contributed by atoms with Gasteiger partial charge in [-0.25, -0.2) is 9.97 Å². The number of aromatic nitrogens is 2. The van der Waals surface area contributed by atoms with Crippen molar-refractivity contribution in [1.29, 1.82) is 0 Å². The summed E-state index contributed by atoms with van der Waals surface area (Å²) >= 11 is 0. The average molecular weight is 205 g/mol. The van der Waals surface area contributed by atoms with Crippen LogP contribution in [0.1, 0.15) is 36.8 Å². The third-order valence-electron chi connectivity index (χ3n) is 3.02. The Balaban J connectivity index is 2.28. The molecule has 1 aromatic rings. The van der Waals surface area contributed by atoms with E-state index in [1.165, 1.54) is 18.4 Å². The molecule has 1 N–H and O–H groups in total. The summed E-state index contributed by atoms with van der Waals surface area (Å²) in [6, 6.07) is 0. The van der Waals surface area contributed by atoms with Gasteiger partial charge in [0, 0.05) is 24.7 Å².